The summed E-state index contributed by atoms with van der Waals surface area (Å²) in [4.78, 5) is 34.0. The van der Waals surface area contributed by atoms with Crippen LogP contribution in [0, 0.1) is 0 Å². The number of aromatic hydroxyl groups is 3. The molecule has 212 valence electrons. The maximum Gasteiger partial charge on any atom is 0.320 e. The van der Waals surface area contributed by atoms with Gasteiger partial charge in [0.15, 0.2) is 0 Å². The van der Waals surface area contributed by atoms with E-state index in [-0.39, 0.29) is 57.5 Å². The van der Waals surface area contributed by atoms with Gasteiger partial charge in [0.1, 0.15) is 35.4 Å². The highest BCUT2D eigenvalue weighted by molar-refractivity contribution is 9.10. The minimum absolute atomic E-state index is 0.0644. The highest BCUT2D eigenvalue weighted by Crippen LogP contribution is 2.44. The quantitative estimate of drug-likeness (QED) is 0.149. The fourth-order valence-electron chi connectivity index (χ4n) is 4.18. The molecule has 3 aromatic rings. The molecular formula is C27H28BrN3O9. The van der Waals surface area contributed by atoms with Crippen LogP contribution in [0.15, 0.2) is 46.9 Å². The van der Waals surface area contributed by atoms with E-state index in [4.69, 9.17) is 17.2 Å². The van der Waals surface area contributed by atoms with Gasteiger partial charge in [0.25, 0.3) is 0 Å². The molecule has 13 heteroatoms. The van der Waals surface area contributed by atoms with Gasteiger partial charge < -0.3 is 47.8 Å². The molecular weight excluding hydrogens is 590 g/mol. The molecule has 0 aliphatic carbocycles. The number of aliphatic carboxylic acids is 3. The number of benzene rings is 3. The normalized spacial score (nSPS) is 13.4. The number of hydrogen-bond acceptors (Lipinski definition) is 9. The second-order valence-corrected chi connectivity index (χ2v) is 10.2. The van der Waals surface area contributed by atoms with Crippen molar-refractivity contribution in [3.63, 3.8) is 0 Å². The first-order valence-corrected chi connectivity index (χ1v) is 12.6. The molecule has 0 aliphatic rings. The highest BCUT2D eigenvalue weighted by Gasteiger charge is 2.22. The average molecular weight is 618 g/mol. The Bertz CT molecular complexity index is 1480. The number of hydrogen-bond donors (Lipinski definition) is 9. The largest absolute Gasteiger partial charge is 0.507 e. The lowest BCUT2D eigenvalue weighted by molar-refractivity contribution is -0.139. The third-order valence-electron chi connectivity index (χ3n) is 6.26. The van der Waals surface area contributed by atoms with Crippen molar-refractivity contribution in [2.24, 2.45) is 17.2 Å². The summed E-state index contributed by atoms with van der Waals surface area (Å²) in [6, 6.07) is 6.35. The van der Waals surface area contributed by atoms with Gasteiger partial charge in [0.05, 0.1) is 10.0 Å². The van der Waals surface area contributed by atoms with E-state index < -0.39 is 41.8 Å². The van der Waals surface area contributed by atoms with Crippen molar-refractivity contribution in [1.29, 1.82) is 0 Å². The lowest BCUT2D eigenvalue weighted by atomic mass is 9.90. The smallest absolute Gasteiger partial charge is 0.320 e. The lowest BCUT2D eigenvalue weighted by Gasteiger charge is -2.18. The van der Waals surface area contributed by atoms with Crippen LogP contribution in [0.2, 0.25) is 0 Å². The lowest BCUT2D eigenvalue weighted by Crippen LogP contribution is -2.32. The molecule has 3 atom stereocenters. The molecule has 0 fully saturated rings. The standard InChI is InChI=1S/C27H28BrN3O9/c28-17-6-12(8-19(30)26(37)38)5-16(24(17)34)14-3-11(7-18(29)25(35)36)4-15(9-14)22-21(32)2-1-13(23(22)33)10-20(31)27(39)40/h1-6,9,18-20,32-34H,7-8,10,29-31H2,(H,35,36)(H,37,38)(H,39,40). The third kappa shape index (κ3) is 6.87. The number of rotatable bonds is 11. The number of carboxylic acids is 3. The van der Waals surface area contributed by atoms with E-state index in [0.717, 1.165) is 0 Å². The van der Waals surface area contributed by atoms with Crippen LogP contribution in [-0.2, 0) is 33.6 Å². The SMILES string of the molecule is NC(Cc1cc(-c2cc(CC(N)C(=O)O)cc(Br)c2O)cc(-c2c(O)ccc(CC(N)C(=O)O)c2O)c1)C(=O)O. The molecule has 0 amide bonds. The van der Waals surface area contributed by atoms with E-state index in [2.05, 4.69) is 15.9 Å². The second-order valence-electron chi connectivity index (χ2n) is 9.31. The Kier molecular flexibility index (Phi) is 9.37. The van der Waals surface area contributed by atoms with Gasteiger partial charge in [-0.2, -0.15) is 0 Å². The summed E-state index contributed by atoms with van der Waals surface area (Å²) < 4.78 is 0.238. The minimum atomic E-state index is -1.33. The van der Waals surface area contributed by atoms with Crippen LogP contribution in [0.25, 0.3) is 22.3 Å². The molecule has 40 heavy (non-hydrogen) atoms. The second kappa shape index (κ2) is 12.3. The zero-order valence-electron chi connectivity index (χ0n) is 20.9. The molecule has 0 saturated heterocycles. The third-order valence-corrected chi connectivity index (χ3v) is 6.86. The van der Waals surface area contributed by atoms with Gasteiger partial charge in [-0.15, -0.1) is 0 Å². The van der Waals surface area contributed by atoms with E-state index in [1.54, 1.807) is 6.07 Å². The summed E-state index contributed by atoms with van der Waals surface area (Å²) in [5, 5.41) is 60.3. The predicted octanol–water partition coefficient (Wildman–Crippen LogP) is 1.76. The molecule has 3 aromatic carbocycles. The van der Waals surface area contributed by atoms with E-state index in [9.17, 15) is 45.0 Å². The van der Waals surface area contributed by atoms with E-state index >= 15 is 0 Å². The molecule has 0 aromatic heterocycles. The molecule has 0 radical (unpaired) electrons. The van der Waals surface area contributed by atoms with Crippen molar-refractivity contribution in [3.8, 4) is 39.5 Å². The Morgan fingerprint density at radius 1 is 0.675 bits per heavy atom. The number of nitrogens with two attached hydrogens (primary N) is 3. The molecule has 0 bridgehead atoms. The fourth-order valence-corrected chi connectivity index (χ4v) is 4.69. The number of phenols is 3. The molecule has 12 nitrogen and oxygen atoms in total. The molecule has 0 heterocycles. The minimum Gasteiger partial charge on any atom is -0.507 e. The van der Waals surface area contributed by atoms with Crippen LogP contribution >= 0.6 is 15.9 Å². The van der Waals surface area contributed by atoms with Crippen LogP contribution in [0.4, 0.5) is 0 Å². The summed E-state index contributed by atoms with van der Waals surface area (Å²) in [5.74, 6) is -4.78. The molecule has 12 N–H and O–H groups in total. The summed E-state index contributed by atoms with van der Waals surface area (Å²) >= 11 is 3.25. The summed E-state index contributed by atoms with van der Waals surface area (Å²) in [6.07, 6.45) is -0.470. The Balaban J connectivity index is 2.25. The summed E-state index contributed by atoms with van der Waals surface area (Å²) in [5.41, 5.74) is 18.7. The summed E-state index contributed by atoms with van der Waals surface area (Å²) in [7, 11) is 0. The number of carbonyl (C=O) groups is 3. The molecule has 3 rings (SSSR count). The fraction of sp³-hybridized carbons (Fsp3) is 0.222. The van der Waals surface area contributed by atoms with Gasteiger partial charge in [-0.1, -0.05) is 18.2 Å². The predicted molar refractivity (Wildman–Crippen MR) is 148 cm³/mol. The van der Waals surface area contributed by atoms with Crippen LogP contribution in [-0.4, -0.2) is 66.7 Å². The van der Waals surface area contributed by atoms with Crippen LogP contribution < -0.4 is 17.2 Å². The Morgan fingerprint density at radius 3 is 1.73 bits per heavy atom. The number of phenolic OH excluding ortho intramolecular Hbond substituents is 3. The van der Waals surface area contributed by atoms with E-state index in [1.807, 2.05) is 0 Å². The number of carboxylic acid groups (broad SMARTS) is 3. The molecule has 0 saturated carbocycles. The zero-order valence-corrected chi connectivity index (χ0v) is 22.5. The van der Waals surface area contributed by atoms with Crippen molar-refractivity contribution in [2.45, 2.75) is 37.4 Å². The zero-order chi connectivity index (χ0) is 29.9. The van der Waals surface area contributed by atoms with Gasteiger partial charge >= 0.3 is 17.9 Å². The maximum absolute atomic E-state index is 11.5. The van der Waals surface area contributed by atoms with Gasteiger partial charge in [-0.25, -0.2) is 0 Å². The van der Waals surface area contributed by atoms with Gasteiger partial charge in [0, 0.05) is 12.0 Å². The monoisotopic (exact) mass is 617 g/mol. The molecule has 3 unspecified atom stereocenters. The van der Waals surface area contributed by atoms with Crippen LogP contribution in [0.3, 0.4) is 0 Å². The molecule has 0 spiro atoms. The van der Waals surface area contributed by atoms with Gasteiger partial charge in [0.2, 0.25) is 0 Å². The van der Waals surface area contributed by atoms with Crippen molar-refractivity contribution in [2.75, 3.05) is 0 Å². The Labute approximate surface area is 236 Å². The first-order valence-electron chi connectivity index (χ1n) is 11.8. The van der Waals surface area contributed by atoms with Crippen molar-refractivity contribution >= 4 is 33.8 Å². The van der Waals surface area contributed by atoms with Crippen molar-refractivity contribution < 1.29 is 45.0 Å². The molecule has 0 aliphatic heterocycles. The summed E-state index contributed by atoms with van der Waals surface area (Å²) in [6.45, 7) is 0. The average Bonchev–Trinajstić information content (AvgIpc) is 2.87. The first-order chi connectivity index (χ1) is 18.7. The van der Waals surface area contributed by atoms with E-state index in [0.29, 0.717) is 16.7 Å². The van der Waals surface area contributed by atoms with Gasteiger partial charge in [-0.05, 0) is 80.9 Å². The van der Waals surface area contributed by atoms with Crippen LogP contribution in [0.1, 0.15) is 16.7 Å². The Hall–Kier alpha value is -4.17. The Morgan fingerprint density at radius 2 is 1.18 bits per heavy atom. The topological polar surface area (TPSA) is 251 Å². The van der Waals surface area contributed by atoms with Crippen molar-refractivity contribution in [3.05, 3.63) is 63.6 Å². The van der Waals surface area contributed by atoms with Gasteiger partial charge in [-0.3, -0.25) is 14.4 Å². The van der Waals surface area contributed by atoms with Crippen molar-refractivity contribution in [1.82, 2.24) is 0 Å². The highest BCUT2D eigenvalue weighted by atomic mass is 79.9. The maximum atomic E-state index is 11.5. The first kappa shape index (κ1) is 30.4. The number of halogens is 1. The van der Waals surface area contributed by atoms with E-state index in [1.165, 1.54) is 36.4 Å². The van der Waals surface area contributed by atoms with Crippen LogP contribution in [0.5, 0.6) is 17.2 Å².